The highest BCUT2D eigenvalue weighted by Gasteiger charge is 2.52. The van der Waals surface area contributed by atoms with Gasteiger partial charge in [0.05, 0.1) is 6.54 Å². The van der Waals surface area contributed by atoms with Crippen LogP contribution in [0, 0.1) is 11.7 Å². The number of likely N-dealkylation sites (N-methyl/N-ethyl adjacent to an activating group) is 1. The van der Waals surface area contributed by atoms with Crippen molar-refractivity contribution in [2.45, 2.75) is 44.7 Å². The van der Waals surface area contributed by atoms with E-state index >= 15 is 0 Å². The lowest BCUT2D eigenvalue weighted by Gasteiger charge is -2.33. The second kappa shape index (κ2) is 8.05. The van der Waals surface area contributed by atoms with E-state index in [1.165, 1.54) is 12.1 Å². The lowest BCUT2D eigenvalue weighted by atomic mass is 9.77. The Morgan fingerprint density at radius 3 is 2.71 bits per heavy atom. The van der Waals surface area contributed by atoms with Crippen LogP contribution in [-0.2, 0) is 16.1 Å². The van der Waals surface area contributed by atoms with Crippen molar-refractivity contribution in [2.24, 2.45) is 5.92 Å². The van der Waals surface area contributed by atoms with Crippen molar-refractivity contribution in [3.63, 3.8) is 0 Å². The van der Waals surface area contributed by atoms with Crippen molar-refractivity contribution in [3.05, 3.63) is 34.6 Å². The van der Waals surface area contributed by atoms with Crippen molar-refractivity contribution < 1.29 is 18.8 Å². The molecule has 1 aliphatic carbocycles. The number of hydrazine groups is 1. The number of hydrogen-bond acceptors (Lipinski definition) is 4. The number of halogens is 2. The van der Waals surface area contributed by atoms with Gasteiger partial charge in [-0.05, 0) is 50.8 Å². The molecule has 0 atom stereocenters. The van der Waals surface area contributed by atoms with E-state index < -0.39 is 29.2 Å². The minimum absolute atomic E-state index is 0.112. The summed E-state index contributed by atoms with van der Waals surface area (Å²) in [5, 5.41) is 3.78. The Bertz CT molecular complexity index is 775. The fraction of sp³-hybridized carbons (Fsp3) is 0.526. The van der Waals surface area contributed by atoms with Crippen LogP contribution >= 0.6 is 11.6 Å². The van der Waals surface area contributed by atoms with Crippen molar-refractivity contribution in [3.8, 4) is 0 Å². The third kappa shape index (κ3) is 4.12. The number of urea groups is 1. The van der Waals surface area contributed by atoms with Crippen LogP contribution in [0.4, 0.5) is 9.18 Å². The predicted octanol–water partition coefficient (Wildman–Crippen LogP) is 2.44. The van der Waals surface area contributed by atoms with Gasteiger partial charge in [-0.25, -0.2) is 9.18 Å². The second-order valence-electron chi connectivity index (χ2n) is 7.74. The molecule has 28 heavy (non-hydrogen) atoms. The molecule has 9 heteroatoms. The Kier molecular flexibility index (Phi) is 5.90. The average Bonchev–Trinajstić information content (AvgIpc) is 2.85. The van der Waals surface area contributed by atoms with Gasteiger partial charge >= 0.3 is 6.03 Å². The quantitative estimate of drug-likeness (QED) is 0.730. The van der Waals surface area contributed by atoms with Gasteiger partial charge in [0, 0.05) is 17.1 Å². The summed E-state index contributed by atoms with van der Waals surface area (Å²) in [6, 6.07) is 3.76. The van der Waals surface area contributed by atoms with E-state index in [-0.39, 0.29) is 23.7 Å². The highest BCUT2D eigenvalue weighted by atomic mass is 35.5. The van der Waals surface area contributed by atoms with Crippen molar-refractivity contribution in [1.29, 1.82) is 0 Å². The normalized spacial score (nSPS) is 24.8. The molecular weight excluding hydrogens is 387 g/mol. The topological polar surface area (TPSA) is 81.8 Å². The van der Waals surface area contributed by atoms with Crippen LogP contribution in [0.3, 0.4) is 0 Å². The number of nitrogens with one attached hydrogen (secondary N) is 2. The van der Waals surface area contributed by atoms with Crippen LogP contribution in [0.5, 0.6) is 0 Å². The molecule has 3 rings (SSSR count). The van der Waals surface area contributed by atoms with Gasteiger partial charge in [-0.1, -0.05) is 24.6 Å². The van der Waals surface area contributed by atoms with Crippen molar-refractivity contribution in [2.75, 3.05) is 13.6 Å². The van der Waals surface area contributed by atoms with Gasteiger partial charge < -0.3 is 5.32 Å². The number of amides is 4. The molecule has 0 unspecified atom stereocenters. The van der Waals surface area contributed by atoms with Crippen LogP contribution in [0.15, 0.2) is 18.2 Å². The summed E-state index contributed by atoms with van der Waals surface area (Å²) in [6.07, 6.45) is 2.83. The van der Waals surface area contributed by atoms with Crippen LogP contribution in [-0.4, -0.2) is 46.9 Å². The zero-order valence-corrected chi connectivity index (χ0v) is 16.7. The molecule has 1 spiro atoms. The van der Waals surface area contributed by atoms with Gasteiger partial charge in [0.1, 0.15) is 11.4 Å². The maximum absolute atomic E-state index is 13.9. The summed E-state index contributed by atoms with van der Waals surface area (Å²) in [4.78, 5) is 38.9. The van der Waals surface area contributed by atoms with E-state index in [0.29, 0.717) is 18.8 Å². The van der Waals surface area contributed by atoms with E-state index in [1.54, 1.807) is 18.0 Å². The third-order valence-electron chi connectivity index (χ3n) is 5.43. The fourth-order valence-electron chi connectivity index (χ4n) is 3.73. The lowest BCUT2D eigenvalue weighted by molar-refractivity contribution is -0.140. The van der Waals surface area contributed by atoms with E-state index in [9.17, 15) is 18.8 Å². The lowest BCUT2D eigenvalue weighted by Crippen LogP contribution is -2.52. The standard InChI is InChI=1S/C19H24ClFN4O3/c1-12-6-8-19(9-7-12)17(27)25(18(28)22-19)23-16(26)11-24(2)10-13-14(20)4-3-5-15(13)21/h3-5,12H,6-11H2,1-2H3,(H,22,28)(H,23,26). The maximum Gasteiger partial charge on any atom is 0.344 e. The first kappa shape index (κ1) is 20.5. The third-order valence-corrected chi connectivity index (χ3v) is 5.78. The molecule has 2 aliphatic rings. The Morgan fingerprint density at radius 2 is 2.07 bits per heavy atom. The van der Waals surface area contributed by atoms with Gasteiger partial charge in [-0.15, -0.1) is 0 Å². The van der Waals surface area contributed by atoms with Gasteiger partial charge in [-0.2, -0.15) is 5.01 Å². The van der Waals surface area contributed by atoms with Crippen molar-refractivity contribution >= 4 is 29.4 Å². The molecule has 0 bridgehead atoms. The van der Waals surface area contributed by atoms with E-state index in [4.69, 9.17) is 11.6 Å². The van der Waals surface area contributed by atoms with Gasteiger partial charge in [0.25, 0.3) is 11.8 Å². The van der Waals surface area contributed by atoms with Crippen molar-refractivity contribution in [1.82, 2.24) is 20.7 Å². The van der Waals surface area contributed by atoms with Crippen LogP contribution in [0.25, 0.3) is 0 Å². The Hall–Kier alpha value is -2.19. The average molecular weight is 411 g/mol. The summed E-state index contributed by atoms with van der Waals surface area (Å²) in [5.74, 6) is -0.905. The molecule has 2 N–H and O–H groups in total. The minimum Gasteiger partial charge on any atom is -0.322 e. The van der Waals surface area contributed by atoms with Crippen LogP contribution in [0.1, 0.15) is 38.2 Å². The molecule has 2 fully saturated rings. The van der Waals surface area contributed by atoms with Crippen LogP contribution in [0.2, 0.25) is 5.02 Å². The zero-order valence-electron chi connectivity index (χ0n) is 15.9. The fourth-order valence-corrected chi connectivity index (χ4v) is 3.95. The van der Waals surface area contributed by atoms with Gasteiger partial charge in [0.2, 0.25) is 0 Å². The smallest absolute Gasteiger partial charge is 0.322 e. The van der Waals surface area contributed by atoms with Gasteiger partial charge in [0.15, 0.2) is 0 Å². The number of carbonyl (C=O) groups is 3. The summed E-state index contributed by atoms with van der Waals surface area (Å²) in [5.41, 5.74) is 1.74. The SMILES string of the molecule is CC1CCC2(CC1)NC(=O)N(NC(=O)CN(C)Cc1c(F)cccc1Cl)C2=O. The Labute approximate surface area is 168 Å². The largest absolute Gasteiger partial charge is 0.344 e. The molecule has 1 aromatic rings. The summed E-state index contributed by atoms with van der Waals surface area (Å²) >= 11 is 6.01. The van der Waals surface area contributed by atoms with E-state index in [0.717, 1.165) is 17.9 Å². The first-order valence-electron chi connectivity index (χ1n) is 9.29. The molecule has 7 nitrogen and oxygen atoms in total. The Morgan fingerprint density at radius 1 is 1.39 bits per heavy atom. The Balaban J connectivity index is 1.58. The number of hydrogen-bond donors (Lipinski definition) is 2. The first-order valence-corrected chi connectivity index (χ1v) is 9.67. The molecule has 1 saturated heterocycles. The molecular formula is C19H24ClFN4O3. The summed E-state index contributed by atoms with van der Waals surface area (Å²) in [7, 11) is 1.62. The summed E-state index contributed by atoms with van der Waals surface area (Å²) < 4.78 is 13.9. The monoisotopic (exact) mass is 410 g/mol. The zero-order chi connectivity index (χ0) is 20.5. The molecule has 1 aliphatic heterocycles. The number of rotatable bonds is 5. The molecule has 1 saturated carbocycles. The number of nitrogens with zero attached hydrogens (tertiary/aromatic N) is 2. The molecule has 0 aromatic heterocycles. The highest BCUT2D eigenvalue weighted by molar-refractivity contribution is 6.31. The minimum atomic E-state index is -0.913. The van der Waals surface area contributed by atoms with Crippen LogP contribution < -0.4 is 10.7 Å². The molecule has 1 heterocycles. The molecule has 152 valence electrons. The van der Waals surface area contributed by atoms with E-state index in [2.05, 4.69) is 17.7 Å². The number of carbonyl (C=O) groups excluding carboxylic acids is 3. The highest BCUT2D eigenvalue weighted by Crippen LogP contribution is 2.35. The van der Waals surface area contributed by atoms with Gasteiger partial charge in [-0.3, -0.25) is 19.9 Å². The molecule has 4 amide bonds. The molecule has 1 aromatic carbocycles. The molecule has 0 radical (unpaired) electrons. The van der Waals surface area contributed by atoms with E-state index in [1.807, 2.05) is 0 Å². The second-order valence-corrected chi connectivity index (χ2v) is 8.15. The maximum atomic E-state index is 13.9. The number of imide groups is 1. The first-order chi connectivity index (χ1) is 13.2. The number of benzene rings is 1. The predicted molar refractivity (Wildman–Crippen MR) is 102 cm³/mol. The summed E-state index contributed by atoms with van der Waals surface area (Å²) in [6.45, 7) is 2.10.